The van der Waals surface area contributed by atoms with Crippen molar-refractivity contribution in [3.63, 3.8) is 0 Å². The standard InChI is InChI=1S/C17H17NO.ClH/c18-12-14-11-17(19-13-14,15-7-3-1-4-8-15)16-9-5-2-6-10-16;/h1-11H,12-13,18H2;1H. The molecule has 2 N–H and O–H groups in total. The molecular formula is C17H18ClNO. The minimum absolute atomic E-state index is 0. The van der Waals surface area contributed by atoms with Crippen molar-refractivity contribution >= 4 is 12.4 Å². The minimum Gasteiger partial charge on any atom is -0.357 e. The highest BCUT2D eigenvalue weighted by molar-refractivity contribution is 5.85. The maximum atomic E-state index is 6.14. The smallest absolute Gasteiger partial charge is 0.137 e. The lowest BCUT2D eigenvalue weighted by atomic mass is 9.86. The van der Waals surface area contributed by atoms with Gasteiger partial charge in [0.05, 0.1) is 6.61 Å². The largest absolute Gasteiger partial charge is 0.357 e. The molecule has 0 atom stereocenters. The molecule has 2 nitrogen and oxygen atoms in total. The SMILES string of the molecule is Cl.NCC1=CC(c2ccccc2)(c2ccccc2)OC1. The van der Waals surface area contributed by atoms with Gasteiger partial charge in [-0.2, -0.15) is 0 Å². The second kappa shape index (κ2) is 6.23. The zero-order valence-electron chi connectivity index (χ0n) is 11.2. The van der Waals surface area contributed by atoms with E-state index in [4.69, 9.17) is 10.5 Å². The Kier molecular flexibility index (Phi) is 4.61. The van der Waals surface area contributed by atoms with Crippen LogP contribution in [0, 0.1) is 0 Å². The number of benzene rings is 2. The van der Waals surface area contributed by atoms with Crippen LogP contribution >= 0.6 is 12.4 Å². The number of halogens is 1. The maximum absolute atomic E-state index is 6.14. The molecule has 0 saturated carbocycles. The molecule has 0 aliphatic carbocycles. The fourth-order valence-corrected chi connectivity index (χ4v) is 2.57. The summed E-state index contributed by atoms with van der Waals surface area (Å²) in [4.78, 5) is 0. The van der Waals surface area contributed by atoms with Crippen LogP contribution in [-0.2, 0) is 10.3 Å². The Labute approximate surface area is 125 Å². The van der Waals surface area contributed by atoms with Gasteiger partial charge in [0, 0.05) is 6.54 Å². The van der Waals surface area contributed by atoms with Crippen LogP contribution in [0.15, 0.2) is 72.3 Å². The Balaban J connectivity index is 0.00000147. The second-order valence-electron chi connectivity index (χ2n) is 4.76. The number of rotatable bonds is 3. The molecule has 3 heteroatoms. The Hall–Kier alpha value is -1.61. The van der Waals surface area contributed by atoms with Gasteiger partial charge in [0.2, 0.25) is 0 Å². The molecule has 2 aromatic rings. The lowest BCUT2D eigenvalue weighted by Gasteiger charge is -2.28. The third-order valence-corrected chi connectivity index (χ3v) is 3.56. The van der Waals surface area contributed by atoms with Crippen LogP contribution < -0.4 is 5.73 Å². The van der Waals surface area contributed by atoms with Crippen LogP contribution in [0.5, 0.6) is 0 Å². The topological polar surface area (TPSA) is 35.2 Å². The van der Waals surface area contributed by atoms with Gasteiger partial charge in [0.25, 0.3) is 0 Å². The van der Waals surface area contributed by atoms with Crippen LogP contribution in [0.2, 0.25) is 0 Å². The fraction of sp³-hybridized carbons (Fsp3) is 0.176. The number of hydrogen-bond donors (Lipinski definition) is 1. The van der Waals surface area contributed by atoms with Crippen LogP contribution in [0.1, 0.15) is 11.1 Å². The third-order valence-electron chi connectivity index (χ3n) is 3.56. The lowest BCUT2D eigenvalue weighted by Crippen LogP contribution is -2.25. The van der Waals surface area contributed by atoms with Gasteiger partial charge in [-0.15, -0.1) is 12.4 Å². The molecule has 2 aromatic carbocycles. The average Bonchev–Trinajstić information content (AvgIpc) is 2.95. The van der Waals surface area contributed by atoms with Crippen LogP contribution in [0.4, 0.5) is 0 Å². The van der Waals surface area contributed by atoms with Gasteiger partial charge in [-0.05, 0) is 22.8 Å². The minimum atomic E-state index is -0.489. The average molecular weight is 288 g/mol. The summed E-state index contributed by atoms with van der Waals surface area (Å²) < 4.78 is 6.14. The van der Waals surface area contributed by atoms with E-state index < -0.39 is 5.60 Å². The van der Waals surface area contributed by atoms with Crippen molar-refractivity contribution in [3.8, 4) is 0 Å². The Morgan fingerprint density at radius 1 is 0.900 bits per heavy atom. The van der Waals surface area contributed by atoms with Crippen molar-refractivity contribution in [3.05, 3.63) is 83.4 Å². The molecule has 0 aromatic heterocycles. The molecule has 0 spiro atoms. The zero-order valence-corrected chi connectivity index (χ0v) is 12.0. The second-order valence-corrected chi connectivity index (χ2v) is 4.76. The van der Waals surface area contributed by atoms with E-state index in [2.05, 4.69) is 30.3 Å². The number of hydrogen-bond acceptors (Lipinski definition) is 2. The summed E-state index contributed by atoms with van der Waals surface area (Å²) >= 11 is 0. The van der Waals surface area contributed by atoms with E-state index in [0.717, 1.165) is 16.7 Å². The fourth-order valence-electron chi connectivity index (χ4n) is 2.57. The van der Waals surface area contributed by atoms with Gasteiger partial charge in [0.15, 0.2) is 0 Å². The summed E-state index contributed by atoms with van der Waals surface area (Å²) in [7, 11) is 0. The molecule has 1 aliphatic heterocycles. The first-order valence-electron chi connectivity index (χ1n) is 6.51. The summed E-state index contributed by atoms with van der Waals surface area (Å²) in [6.07, 6.45) is 2.16. The van der Waals surface area contributed by atoms with E-state index in [1.165, 1.54) is 0 Å². The Bertz CT molecular complexity index is 541. The first-order chi connectivity index (χ1) is 9.35. The summed E-state index contributed by atoms with van der Waals surface area (Å²) in [5.41, 5.74) is 8.71. The lowest BCUT2D eigenvalue weighted by molar-refractivity contribution is 0.0551. The monoisotopic (exact) mass is 287 g/mol. The molecule has 0 unspecified atom stereocenters. The molecule has 1 heterocycles. The quantitative estimate of drug-likeness (QED) is 0.880. The third kappa shape index (κ3) is 2.50. The predicted molar refractivity (Wildman–Crippen MR) is 84.0 cm³/mol. The predicted octanol–water partition coefficient (Wildman–Crippen LogP) is 3.27. The summed E-state index contributed by atoms with van der Waals surface area (Å²) in [6.45, 7) is 1.14. The van der Waals surface area contributed by atoms with Crippen molar-refractivity contribution in [1.82, 2.24) is 0 Å². The molecule has 3 rings (SSSR count). The number of nitrogens with two attached hydrogens (primary N) is 1. The van der Waals surface area contributed by atoms with E-state index in [-0.39, 0.29) is 12.4 Å². The van der Waals surface area contributed by atoms with Crippen molar-refractivity contribution in [1.29, 1.82) is 0 Å². The first kappa shape index (κ1) is 14.8. The van der Waals surface area contributed by atoms with E-state index >= 15 is 0 Å². The van der Waals surface area contributed by atoms with Crippen LogP contribution in [-0.4, -0.2) is 13.2 Å². The molecule has 0 fully saturated rings. The molecule has 0 radical (unpaired) electrons. The molecule has 1 aliphatic rings. The van der Waals surface area contributed by atoms with Crippen LogP contribution in [0.3, 0.4) is 0 Å². The van der Waals surface area contributed by atoms with E-state index in [9.17, 15) is 0 Å². The zero-order chi connectivity index (χ0) is 13.1. The van der Waals surface area contributed by atoms with Crippen LogP contribution in [0.25, 0.3) is 0 Å². The maximum Gasteiger partial charge on any atom is 0.137 e. The van der Waals surface area contributed by atoms with Gasteiger partial charge in [-0.3, -0.25) is 0 Å². The van der Waals surface area contributed by atoms with Crippen molar-refractivity contribution in [2.24, 2.45) is 5.73 Å². The van der Waals surface area contributed by atoms with E-state index in [0.29, 0.717) is 13.2 Å². The molecular weight excluding hydrogens is 270 g/mol. The summed E-state index contributed by atoms with van der Waals surface area (Å²) in [6, 6.07) is 20.6. The molecule has 0 bridgehead atoms. The molecule has 104 valence electrons. The Morgan fingerprint density at radius 3 is 1.80 bits per heavy atom. The van der Waals surface area contributed by atoms with Gasteiger partial charge < -0.3 is 10.5 Å². The normalized spacial score (nSPS) is 16.4. The molecule has 0 amide bonds. The summed E-state index contributed by atoms with van der Waals surface area (Å²) in [5, 5.41) is 0. The van der Waals surface area contributed by atoms with Crippen molar-refractivity contribution < 1.29 is 4.74 Å². The van der Waals surface area contributed by atoms with Gasteiger partial charge in [0.1, 0.15) is 5.60 Å². The van der Waals surface area contributed by atoms with Crippen molar-refractivity contribution in [2.75, 3.05) is 13.2 Å². The highest BCUT2D eigenvalue weighted by atomic mass is 35.5. The first-order valence-corrected chi connectivity index (χ1v) is 6.51. The van der Waals surface area contributed by atoms with E-state index in [1.807, 2.05) is 36.4 Å². The van der Waals surface area contributed by atoms with Gasteiger partial charge in [-0.25, -0.2) is 0 Å². The Morgan fingerprint density at radius 2 is 1.40 bits per heavy atom. The molecule has 0 saturated heterocycles. The highest BCUT2D eigenvalue weighted by Gasteiger charge is 2.37. The van der Waals surface area contributed by atoms with E-state index in [1.54, 1.807) is 0 Å². The highest BCUT2D eigenvalue weighted by Crippen LogP contribution is 2.39. The molecule has 20 heavy (non-hydrogen) atoms. The number of ether oxygens (including phenoxy) is 1. The van der Waals surface area contributed by atoms with Gasteiger partial charge in [-0.1, -0.05) is 60.7 Å². The van der Waals surface area contributed by atoms with Crippen molar-refractivity contribution in [2.45, 2.75) is 5.60 Å². The summed E-state index contributed by atoms with van der Waals surface area (Å²) in [5.74, 6) is 0. The van der Waals surface area contributed by atoms with Gasteiger partial charge >= 0.3 is 0 Å².